The Hall–Kier alpha value is -0.420. The molecule has 1 saturated carbocycles. The van der Waals surface area contributed by atoms with E-state index in [1.165, 1.54) is 47.7 Å². The first kappa shape index (κ1) is 16.9. The molecular formula is C17H31N3S. The highest BCUT2D eigenvalue weighted by Crippen LogP contribution is 2.25. The highest BCUT2D eigenvalue weighted by atomic mass is 32.1. The number of nitrogens with one attached hydrogen (secondary N) is 1. The summed E-state index contributed by atoms with van der Waals surface area (Å²) in [5, 5.41) is 3.62. The lowest BCUT2D eigenvalue weighted by Gasteiger charge is -2.21. The standard InChI is InChI=1S/C17H31N3S/c1-5-20(10-6-9-19(3)4)13-15-11-17(21-14(15)2)12-18-16-7-8-16/h11,16,18H,5-10,12-13H2,1-4H3. The maximum Gasteiger partial charge on any atom is 0.0302 e. The summed E-state index contributed by atoms with van der Waals surface area (Å²) in [6.45, 7) is 10.2. The van der Waals surface area contributed by atoms with Gasteiger partial charge in [0.05, 0.1) is 0 Å². The zero-order valence-corrected chi connectivity index (χ0v) is 14.9. The maximum absolute atomic E-state index is 3.62. The molecule has 0 atom stereocenters. The van der Waals surface area contributed by atoms with Crippen molar-refractivity contribution in [2.75, 3.05) is 33.7 Å². The van der Waals surface area contributed by atoms with Crippen molar-refractivity contribution in [3.05, 3.63) is 21.4 Å². The van der Waals surface area contributed by atoms with E-state index in [2.05, 4.69) is 49.1 Å². The van der Waals surface area contributed by atoms with Crippen LogP contribution in [0.15, 0.2) is 6.07 Å². The van der Waals surface area contributed by atoms with Crippen molar-refractivity contribution in [1.29, 1.82) is 0 Å². The summed E-state index contributed by atoms with van der Waals surface area (Å²) in [5.74, 6) is 0. The van der Waals surface area contributed by atoms with Crippen molar-refractivity contribution in [1.82, 2.24) is 15.1 Å². The second-order valence-corrected chi connectivity index (χ2v) is 7.82. The monoisotopic (exact) mass is 309 g/mol. The molecule has 2 rings (SSSR count). The maximum atomic E-state index is 3.62. The predicted octanol–water partition coefficient (Wildman–Crippen LogP) is 3.08. The summed E-state index contributed by atoms with van der Waals surface area (Å²) >= 11 is 1.97. The van der Waals surface area contributed by atoms with E-state index in [1.54, 1.807) is 0 Å². The predicted molar refractivity (Wildman–Crippen MR) is 93.0 cm³/mol. The van der Waals surface area contributed by atoms with Gasteiger partial charge in [-0.15, -0.1) is 11.3 Å². The molecule has 0 saturated heterocycles. The summed E-state index contributed by atoms with van der Waals surface area (Å²) in [5.41, 5.74) is 1.53. The first-order valence-corrected chi connectivity index (χ1v) is 9.08. The molecule has 0 aromatic carbocycles. The highest BCUT2D eigenvalue weighted by molar-refractivity contribution is 7.12. The Morgan fingerprint density at radius 2 is 2.05 bits per heavy atom. The number of hydrogen-bond donors (Lipinski definition) is 1. The minimum Gasteiger partial charge on any atom is -0.309 e. The van der Waals surface area contributed by atoms with Gasteiger partial charge in [0.25, 0.3) is 0 Å². The van der Waals surface area contributed by atoms with Gasteiger partial charge in [-0.25, -0.2) is 0 Å². The molecule has 0 bridgehead atoms. The fraction of sp³-hybridized carbons (Fsp3) is 0.765. The Bertz CT molecular complexity index is 424. The molecule has 4 heteroatoms. The zero-order chi connectivity index (χ0) is 15.2. The van der Waals surface area contributed by atoms with Crippen LogP contribution in [0.5, 0.6) is 0 Å². The third kappa shape index (κ3) is 6.07. The first-order valence-electron chi connectivity index (χ1n) is 8.27. The molecule has 3 nitrogen and oxygen atoms in total. The number of hydrogen-bond acceptors (Lipinski definition) is 4. The second-order valence-electron chi connectivity index (χ2n) is 6.47. The molecule has 1 aliphatic carbocycles. The lowest BCUT2D eigenvalue weighted by atomic mass is 10.2. The van der Waals surface area contributed by atoms with Gasteiger partial charge in [-0.2, -0.15) is 0 Å². The van der Waals surface area contributed by atoms with Gasteiger partial charge in [0.1, 0.15) is 0 Å². The van der Waals surface area contributed by atoms with Crippen molar-refractivity contribution in [3.8, 4) is 0 Å². The van der Waals surface area contributed by atoms with Crippen LogP contribution in [0.3, 0.4) is 0 Å². The minimum absolute atomic E-state index is 0.800. The summed E-state index contributed by atoms with van der Waals surface area (Å²) in [6, 6.07) is 3.22. The quantitative estimate of drug-likeness (QED) is 0.716. The Morgan fingerprint density at radius 3 is 2.67 bits per heavy atom. The Morgan fingerprint density at radius 1 is 1.29 bits per heavy atom. The summed E-state index contributed by atoms with van der Waals surface area (Å²) in [6.07, 6.45) is 3.99. The van der Waals surface area contributed by atoms with Gasteiger partial charge in [0, 0.05) is 28.9 Å². The third-order valence-electron chi connectivity index (χ3n) is 4.13. The molecule has 120 valence electrons. The van der Waals surface area contributed by atoms with Gasteiger partial charge in [0.2, 0.25) is 0 Å². The molecule has 1 aromatic heterocycles. The van der Waals surface area contributed by atoms with Crippen LogP contribution in [-0.2, 0) is 13.1 Å². The van der Waals surface area contributed by atoms with E-state index in [9.17, 15) is 0 Å². The normalized spacial score (nSPS) is 15.3. The van der Waals surface area contributed by atoms with Gasteiger partial charge in [-0.05, 0) is 71.5 Å². The molecule has 0 radical (unpaired) electrons. The number of nitrogens with zero attached hydrogens (tertiary/aromatic N) is 2. The van der Waals surface area contributed by atoms with E-state index in [0.717, 1.165) is 25.7 Å². The molecule has 1 N–H and O–H groups in total. The van der Waals surface area contributed by atoms with Crippen LogP contribution in [0.1, 0.15) is 41.5 Å². The zero-order valence-electron chi connectivity index (χ0n) is 14.1. The summed E-state index contributed by atoms with van der Waals surface area (Å²) in [4.78, 5) is 7.83. The summed E-state index contributed by atoms with van der Waals surface area (Å²) in [7, 11) is 4.30. The number of aryl methyl sites for hydroxylation is 1. The molecule has 21 heavy (non-hydrogen) atoms. The Kier molecular flexibility index (Phi) is 6.68. The molecule has 1 aromatic rings. The van der Waals surface area contributed by atoms with Crippen LogP contribution in [0.25, 0.3) is 0 Å². The van der Waals surface area contributed by atoms with E-state index < -0.39 is 0 Å². The van der Waals surface area contributed by atoms with E-state index in [4.69, 9.17) is 0 Å². The smallest absolute Gasteiger partial charge is 0.0302 e. The summed E-state index contributed by atoms with van der Waals surface area (Å²) < 4.78 is 0. The molecular weight excluding hydrogens is 278 g/mol. The molecule has 0 amide bonds. The average molecular weight is 310 g/mol. The molecule has 0 spiro atoms. The van der Waals surface area contributed by atoms with Crippen LogP contribution < -0.4 is 5.32 Å². The molecule has 1 heterocycles. The van der Waals surface area contributed by atoms with Crippen LogP contribution in [-0.4, -0.2) is 49.6 Å². The average Bonchev–Trinajstić information content (AvgIpc) is 3.20. The van der Waals surface area contributed by atoms with E-state index in [0.29, 0.717) is 0 Å². The van der Waals surface area contributed by atoms with Crippen molar-refractivity contribution in [2.45, 2.75) is 52.2 Å². The highest BCUT2D eigenvalue weighted by Gasteiger charge is 2.20. The van der Waals surface area contributed by atoms with E-state index in [1.807, 2.05) is 11.3 Å². The SMILES string of the molecule is CCN(CCCN(C)C)Cc1cc(CNC2CC2)sc1C. The number of thiophene rings is 1. The molecule has 0 aliphatic heterocycles. The van der Waals surface area contributed by atoms with Gasteiger partial charge >= 0.3 is 0 Å². The molecule has 1 fully saturated rings. The third-order valence-corrected chi connectivity index (χ3v) is 5.23. The van der Waals surface area contributed by atoms with Gasteiger partial charge in [0.15, 0.2) is 0 Å². The van der Waals surface area contributed by atoms with Crippen LogP contribution in [0.4, 0.5) is 0 Å². The fourth-order valence-corrected chi connectivity index (χ4v) is 3.57. The van der Waals surface area contributed by atoms with Crippen molar-refractivity contribution in [2.24, 2.45) is 0 Å². The van der Waals surface area contributed by atoms with Crippen LogP contribution in [0.2, 0.25) is 0 Å². The molecule has 1 aliphatic rings. The van der Waals surface area contributed by atoms with Gasteiger partial charge in [-0.1, -0.05) is 6.92 Å². The van der Waals surface area contributed by atoms with Gasteiger partial charge in [-0.3, -0.25) is 4.90 Å². The van der Waals surface area contributed by atoms with Crippen molar-refractivity contribution in [3.63, 3.8) is 0 Å². The lowest BCUT2D eigenvalue weighted by molar-refractivity contribution is 0.259. The van der Waals surface area contributed by atoms with E-state index in [-0.39, 0.29) is 0 Å². The fourth-order valence-electron chi connectivity index (χ4n) is 2.56. The van der Waals surface area contributed by atoms with E-state index >= 15 is 0 Å². The molecule has 0 unspecified atom stereocenters. The van der Waals surface area contributed by atoms with Crippen molar-refractivity contribution < 1.29 is 0 Å². The largest absolute Gasteiger partial charge is 0.309 e. The number of rotatable bonds is 10. The van der Waals surface area contributed by atoms with Crippen LogP contribution in [0, 0.1) is 6.92 Å². The second kappa shape index (κ2) is 8.28. The lowest BCUT2D eigenvalue weighted by Crippen LogP contribution is -2.27. The minimum atomic E-state index is 0.800. The van der Waals surface area contributed by atoms with Gasteiger partial charge < -0.3 is 10.2 Å². The van der Waals surface area contributed by atoms with Crippen molar-refractivity contribution >= 4 is 11.3 Å². The Balaban J connectivity index is 1.81. The first-order chi connectivity index (χ1) is 10.1. The van der Waals surface area contributed by atoms with Crippen LogP contribution >= 0.6 is 11.3 Å². The Labute approximate surface area is 134 Å². The topological polar surface area (TPSA) is 18.5 Å².